The van der Waals surface area contributed by atoms with Crippen molar-refractivity contribution in [3.05, 3.63) is 52.1 Å². The Hall–Kier alpha value is -2.71. The largest absolute Gasteiger partial charge is 0.322 e. The summed E-state index contributed by atoms with van der Waals surface area (Å²) in [6.07, 6.45) is 3.56. The number of rotatable bonds is 5. The van der Waals surface area contributed by atoms with E-state index in [1.165, 1.54) is 6.20 Å². The van der Waals surface area contributed by atoms with Crippen LogP contribution in [0.15, 0.2) is 24.4 Å². The fourth-order valence-corrected chi connectivity index (χ4v) is 3.93. The van der Waals surface area contributed by atoms with Crippen LogP contribution in [-0.4, -0.2) is 45.2 Å². The highest BCUT2D eigenvalue weighted by molar-refractivity contribution is 6.32. The lowest BCUT2D eigenvalue weighted by Gasteiger charge is -2.30. The summed E-state index contributed by atoms with van der Waals surface area (Å²) < 4.78 is 14.9. The van der Waals surface area contributed by atoms with Crippen molar-refractivity contribution in [3.63, 3.8) is 0 Å². The molecule has 0 aliphatic carbocycles. The third kappa shape index (κ3) is 4.55. The molecule has 9 heteroatoms. The molecule has 1 aliphatic rings. The molecular weight excluding hydrogens is 405 g/mol. The number of likely N-dealkylation sites (tertiary alicyclic amines) is 1. The lowest BCUT2D eigenvalue weighted by atomic mass is 9.86. The Balaban J connectivity index is 1.54. The second-order valence-corrected chi connectivity index (χ2v) is 8.25. The van der Waals surface area contributed by atoms with Crippen molar-refractivity contribution in [2.45, 2.75) is 32.6 Å². The zero-order chi connectivity index (χ0) is 21.3. The van der Waals surface area contributed by atoms with Gasteiger partial charge >= 0.3 is 0 Å². The molecule has 3 N–H and O–H groups in total. The monoisotopic (exact) mass is 429 g/mol. The van der Waals surface area contributed by atoms with Crippen LogP contribution in [-0.2, 0) is 0 Å². The first-order valence-corrected chi connectivity index (χ1v) is 10.3. The minimum absolute atomic E-state index is 0.250. The van der Waals surface area contributed by atoms with Crippen LogP contribution in [0.3, 0.4) is 0 Å². The van der Waals surface area contributed by atoms with Gasteiger partial charge in [0.1, 0.15) is 10.8 Å². The summed E-state index contributed by atoms with van der Waals surface area (Å²) >= 11 is 6.20. The second-order valence-electron chi connectivity index (χ2n) is 7.84. The normalized spacial score (nSPS) is 15.4. The molecule has 1 fully saturated rings. The zero-order valence-corrected chi connectivity index (χ0v) is 18.0. The number of hydrogen-bond acceptors (Lipinski definition) is 6. The fraction of sp³-hybridized carbons (Fsp3) is 0.381. The summed E-state index contributed by atoms with van der Waals surface area (Å²) in [7, 11) is 2.12. The summed E-state index contributed by atoms with van der Waals surface area (Å²) in [5.41, 5.74) is 3.39. The highest BCUT2D eigenvalue weighted by atomic mass is 35.5. The number of benzene rings is 1. The molecule has 3 heterocycles. The maximum atomic E-state index is 14.9. The van der Waals surface area contributed by atoms with Gasteiger partial charge < -0.3 is 15.5 Å². The molecule has 158 valence electrons. The molecule has 7 nitrogen and oxygen atoms in total. The van der Waals surface area contributed by atoms with Crippen molar-refractivity contribution in [1.29, 1.82) is 0 Å². The summed E-state index contributed by atoms with van der Waals surface area (Å²) in [5, 5.41) is 13.3. The minimum atomic E-state index is -0.314. The molecule has 0 amide bonds. The van der Waals surface area contributed by atoms with Gasteiger partial charge in [-0.25, -0.2) is 9.37 Å². The molecule has 2 aromatic heterocycles. The topological polar surface area (TPSA) is 81.8 Å². The number of piperidine rings is 1. The number of nitrogens with one attached hydrogen (secondary N) is 3. The Morgan fingerprint density at radius 1 is 1.17 bits per heavy atom. The van der Waals surface area contributed by atoms with Crippen LogP contribution in [0.5, 0.6) is 0 Å². The molecule has 4 rings (SSSR count). The van der Waals surface area contributed by atoms with Crippen molar-refractivity contribution in [2.75, 3.05) is 30.8 Å². The van der Waals surface area contributed by atoms with Gasteiger partial charge in [0.2, 0.25) is 5.95 Å². The van der Waals surface area contributed by atoms with Gasteiger partial charge in [0.05, 0.1) is 11.9 Å². The van der Waals surface area contributed by atoms with Crippen LogP contribution in [0, 0.1) is 19.7 Å². The number of halogens is 2. The first kappa shape index (κ1) is 20.6. The van der Waals surface area contributed by atoms with Gasteiger partial charge in [0.15, 0.2) is 11.6 Å². The van der Waals surface area contributed by atoms with E-state index in [4.69, 9.17) is 11.6 Å². The van der Waals surface area contributed by atoms with Gasteiger partial charge in [0, 0.05) is 11.8 Å². The van der Waals surface area contributed by atoms with Gasteiger partial charge in [0.25, 0.3) is 0 Å². The lowest BCUT2D eigenvalue weighted by molar-refractivity contribution is 0.255. The van der Waals surface area contributed by atoms with Crippen LogP contribution in [0.25, 0.3) is 0 Å². The number of anilines is 4. The number of hydrogen-bond donors (Lipinski definition) is 3. The Bertz CT molecular complexity index is 1040. The molecule has 3 aromatic rings. The first-order chi connectivity index (χ1) is 14.4. The average Bonchev–Trinajstić information content (AvgIpc) is 3.12. The smallest absolute Gasteiger partial charge is 0.229 e. The molecular formula is C21H25ClFN7. The molecule has 30 heavy (non-hydrogen) atoms. The van der Waals surface area contributed by atoms with Crippen molar-refractivity contribution in [1.82, 2.24) is 25.1 Å². The van der Waals surface area contributed by atoms with E-state index in [0.29, 0.717) is 28.3 Å². The molecule has 0 atom stereocenters. The maximum Gasteiger partial charge on any atom is 0.229 e. The van der Waals surface area contributed by atoms with Gasteiger partial charge in [-0.3, -0.25) is 5.10 Å². The van der Waals surface area contributed by atoms with Crippen molar-refractivity contribution < 1.29 is 4.39 Å². The average molecular weight is 430 g/mol. The van der Waals surface area contributed by atoms with Gasteiger partial charge in [-0.05, 0) is 76.0 Å². The van der Waals surface area contributed by atoms with Crippen molar-refractivity contribution in [2.24, 2.45) is 0 Å². The van der Waals surface area contributed by atoms with Gasteiger partial charge in [-0.15, -0.1) is 0 Å². The lowest BCUT2D eigenvalue weighted by Crippen LogP contribution is -2.29. The molecule has 0 spiro atoms. The van der Waals surface area contributed by atoms with Crippen LogP contribution in [0.2, 0.25) is 5.02 Å². The number of nitrogens with zero attached hydrogens (tertiary/aromatic N) is 4. The zero-order valence-electron chi connectivity index (χ0n) is 17.3. The third-order valence-electron chi connectivity index (χ3n) is 5.46. The van der Waals surface area contributed by atoms with E-state index >= 15 is 0 Å². The van der Waals surface area contributed by atoms with Crippen LogP contribution >= 0.6 is 11.6 Å². The van der Waals surface area contributed by atoms with E-state index in [1.807, 2.05) is 26.0 Å². The van der Waals surface area contributed by atoms with E-state index in [0.717, 1.165) is 42.8 Å². The predicted octanol–water partition coefficient (Wildman–Crippen LogP) is 4.91. The summed E-state index contributed by atoms with van der Waals surface area (Å²) in [6.45, 7) is 5.99. The number of H-pyrrole nitrogens is 1. The van der Waals surface area contributed by atoms with Gasteiger partial charge in [-0.2, -0.15) is 10.1 Å². The molecule has 1 aliphatic heterocycles. The minimum Gasteiger partial charge on any atom is -0.322 e. The van der Waals surface area contributed by atoms with E-state index in [9.17, 15) is 4.39 Å². The van der Waals surface area contributed by atoms with Crippen molar-refractivity contribution in [3.8, 4) is 0 Å². The molecule has 0 radical (unpaired) electrons. The Kier molecular flexibility index (Phi) is 5.87. The Morgan fingerprint density at radius 2 is 1.93 bits per heavy atom. The van der Waals surface area contributed by atoms with Crippen molar-refractivity contribution >= 4 is 34.9 Å². The standard InChI is InChI=1S/C21H25ClFN7/c1-12-8-18(17(23)10-15(12)14-4-6-30(3)7-5-14)25-21-24-11-16(22)20(27-21)26-19-9-13(2)28-29-19/h8-11,14H,4-7H2,1-3H3,(H3,24,25,26,27,28,29). The van der Waals surface area contributed by atoms with Crippen LogP contribution in [0.4, 0.5) is 27.7 Å². The quantitative estimate of drug-likeness (QED) is 0.534. The SMILES string of the molecule is Cc1cc(Nc2nc(Nc3cc(C)c(C4CCN(C)CC4)cc3F)ncc2Cl)n[nH]1. The van der Waals surface area contributed by atoms with Crippen LogP contribution in [0.1, 0.15) is 35.6 Å². The number of aromatic nitrogens is 4. The van der Waals surface area contributed by atoms with E-state index in [2.05, 4.69) is 42.7 Å². The third-order valence-corrected chi connectivity index (χ3v) is 5.73. The number of aromatic amines is 1. The molecule has 0 saturated carbocycles. The summed E-state index contributed by atoms with van der Waals surface area (Å²) in [4.78, 5) is 10.9. The maximum absolute atomic E-state index is 14.9. The molecule has 0 unspecified atom stereocenters. The molecule has 1 aromatic carbocycles. The number of aryl methyl sites for hydroxylation is 2. The molecule has 0 bridgehead atoms. The van der Waals surface area contributed by atoms with E-state index < -0.39 is 0 Å². The van der Waals surface area contributed by atoms with E-state index in [1.54, 1.807) is 6.07 Å². The van der Waals surface area contributed by atoms with Gasteiger partial charge in [-0.1, -0.05) is 11.6 Å². The molecule has 1 saturated heterocycles. The highest BCUT2D eigenvalue weighted by Gasteiger charge is 2.21. The summed E-state index contributed by atoms with van der Waals surface area (Å²) in [5.74, 6) is 1.30. The fourth-order valence-electron chi connectivity index (χ4n) is 3.79. The van der Waals surface area contributed by atoms with E-state index in [-0.39, 0.29) is 11.8 Å². The first-order valence-electron chi connectivity index (χ1n) is 9.96. The summed E-state index contributed by atoms with van der Waals surface area (Å²) in [6, 6.07) is 5.30. The second kappa shape index (κ2) is 8.57. The van der Waals surface area contributed by atoms with Crippen LogP contribution < -0.4 is 10.6 Å². The predicted molar refractivity (Wildman–Crippen MR) is 118 cm³/mol. The Labute approximate surface area is 180 Å². The Morgan fingerprint density at radius 3 is 2.63 bits per heavy atom. The highest BCUT2D eigenvalue weighted by Crippen LogP contribution is 2.33.